The highest BCUT2D eigenvalue weighted by molar-refractivity contribution is 7.92. The van der Waals surface area contributed by atoms with Gasteiger partial charge in [-0.3, -0.25) is 4.72 Å². The van der Waals surface area contributed by atoms with Crippen molar-refractivity contribution in [2.75, 3.05) is 28.9 Å². The average molecular weight is 589 g/mol. The van der Waals surface area contributed by atoms with E-state index in [-0.39, 0.29) is 28.8 Å². The molecule has 9 nitrogen and oxygen atoms in total. The van der Waals surface area contributed by atoms with Crippen molar-refractivity contribution < 1.29 is 17.5 Å². The first-order valence-electron chi connectivity index (χ1n) is 14.5. The van der Waals surface area contributed by atoms with Gasteiger partial charge < -0.3 is 15.4 Å². The van der Waals surface area contributed by atoms with Gasteiger partial charge in [0.1, 0.15) is 11.6 Å². The van der Waals surface area contributed by atoms with Gasteiger partial charge >= 0.3 is 0 Å². The summed E-state index contributed by atoms with van der Waals surface area (Å²) in [7, 11) is -3.72. The van der Waals surface area contributed by atoms with Crippen molar-refractivity contribution in [1.82, 2.24) is 20.3 Å². The van der Waals surface area contributed by atoms with Crippen LogP contribution < -0.4 is 20.1 Å². The van der Waals surface area contributed by atoms with E-state index in [1.54, 1.807) is 36.7 Å². The summed E-state index contributed by atoms with van der Waals surface area (Å²) in [6, 6.07) is 12.1. The van der Waals surface area contributed by atoms with Crippen LogP contribution in [0.15, 0.2) is 54.9 Å². The lowest BCUT2D eigenvalue weighted by molar-refractivity contribution is 0.466. The number of aryl methyl sites for hydroxylation is 1. The molecule has 0 bridgehead atoms. The highest BCUT2D eigenvalue weighted by Crippen LogP contribution is 2.70. The Kier molecular flexibility index (Phi) is 6.73. The van der Waals surface area contributed by atoms with E-state index >= 15 is 4.39 Å². The summed E-state index contributed by atoms with van der Waals surface area (Å²) in [5.74, 6) is 0.866. The number of fused-ring (bicyclic) bond motifs is 1. The molecule has 2 aromatic carbocycles. The number of halogens is 1. The first kappa shape index (κ1) is 27.0. The molecule has 2 aromatic heterocycles. The lowest BCUT2D eigenvalue weighted by atomic mass is 10.0. The Morgan fingerprint density at radius 2 is 1.95 bits per heavy atom. The van der Waals surface area contributed by atoms with E-state index in [0.29, 0.717) is 39.6 Å². The number of rotatable bonds is 9. The molecular weight excluding hydrogens is 555 g/mol. The molecule has 42 heavy (non-hydrogen) atoms. The predicted molar refractivity (Wildman–Crippen MR) is 161 cm³/mol. The van der Waals surface area contributed by atoms with Crippen LogP contribution in [-0.2, 0) is 10.0 Å². The van der Waals surface area contributed by atoms with Crippen molar-refractivity contribution in [2.24, 2.45) is 11.3 Å². The van der Waals surface area contributed by atoms with E-state index < -0.39 is 15.8 Å². The highest BCUT2D eigenvalue weighted by Gasteiger charge is 2.63. The number of anilines is 2. The van der Waals surface area contributed by atoms with Crippen LogP contribution in [0.25, 0.3) is 22.0 Å². The number of pyridine rings is 1. The van der Waals surface area contributed by atoms with E-state index in [1.807, 2.05) is 19.1 Å². The standard InChI is InChI=1S/C31H33FN6O3S/c1-19-6-7-22-23(8-9-25(32)27(22)38-42(39,40)18-20-16-31(20)11-12-31)28(19)41-29-24(5-3-14-34-29)26-10-15-35-30(37-26)36-21-4-2-13-33-17-21/h3,5-10,14-15,20-21,33,38H,2,4,11-13,16-18H2,1H3,(H,35,36,37)/t20-,21+/m1/s1. The lowest BCUT2D eigenvalue weighted by Crippen LogP contribution is -2.38. The first-order valence-corrected chi connectivity index (χ1v) is 16.1. The third-order valence-corrected chi connectivity index (χ3v) is 10.1. The van der Waals surface area contributed by atoms with Gasteiger partial charge in [-0.05, 0) is 92.8 Å². The van der Waals surface area contributed by atoms with Crippen LogP contribution in [-0.4, -0.2) is 48.3 Å². The van der Waals surface area contributed by atoms with Crippen LogP contribution in [0, 0.1) is 24.1 Å². The molecule has 11 heteroatoms. The SMILES string of the molecule is Cc1ccc2c(NS(=O)(=O)C[C@H]3CC34CC4)c(F)ccc2c1Oc1ncccc1-c1ccnc(N[C@H]2CCCNC2)n1. The summed E-state index contributed by atoms with van der Waals surface area (Å²) >= 11 is 0. The quantitative estimate of drug-likeness (QED) is 0.230. The molecule has 4 aromatic rings. The molecular formula is C31H33FN6O3S. The summed E-state index contributed by atoms with van der Waals surface area (Å²) in [6.07, 6.45) is 8.61. The van der Waals surface area contributed by atoms with Gasteiger partial charge in [-0.25, -0.2) is 27.8 Å². The predicted octanol–water partition coefficient (Wildman–Crippen LogP) is 5.64. The van der Waals surface area contributed by atoms with Gasteiger partial charge in [0.2, 0.25) is 21.9 Å². The maximum Gasteiger partial charge on any atom is 0.233 e. The molecule has 2 atom stereocenters. The largest absolute Gasteiger partial charge is 0.437 e. The number of ether oxygens (including phenoxy) is 1. The minimum atomic E-state index is -3.72. The fraction of sp³-hybridized carbons (Fsp3) is 0.387. The fourth-order valence-corrected chi connectivity index (χ4v) is 7.70. The van der Waals surface area contributed by atoms with Crippen LogP contribution in [0.4, 0.5) is 16.0 Å². The van der Waals surface area contributed by atoms with Gasteiger partial charge in [-0.1, -0.05) is 12.1 Å². The molecule has 7 rings (SSSR count). The Morgan fingerprint density at radius 1 is 1.10 bits per heavy atom. The van der Waals surface area contributed by atoms with Crippen molar-refractivity contribution in [1.29, 1.82) is 0 Å². The monoisotopic (exact) mass is 588 g/mol. The zero-order valence-corrected chi connectivity index (χ0v) is 24.2. The van der Waals surface area contributed by atoms with Crippen molar-refractivity contribution in [3.63, 3.8) is 0 Å². The van der Waals surface area contributed by atoms with Gasteiger partial charge in [-0.2, -0.15) is 0 Å². The molecule has 3 heterocycles. The van der Waals surface area contributed by atoms with E-state index in [1.165, 1.54) is 6.07 Å². The van der Waals surface area contributed by atoms with Crippen LogP contribution in [0.3, 0.4) is 0 Å². The zero-order chi connectivity index (χ0) is 28.9. The second-order valence-electron chi connectivity index (χ2n) is 11.8. The molecule has 0 amide bonds. The zero-order valence-electron chi connectivity index (χ0n) is 23.4. The maximum absolute atomic E-state index is 15.1. The summed E-state index contributed by atoms with van der Waals surface area (Å²) in [5.41, 5.74) is 2.28. The van der Waals surface area contributed by atoms with E-state index in [9.17, 15) is 8.42 Å². The Balaban J connectivity index is 1.20. The Morgan fingerprint density at radius 3 is 2.74 bits per heavy atom. The average Bonchev–Trinajstić information content (AvgIpc) is 3.90. The molecule has 1 spiro atoms. The van der Waals surface area contributed by atoms with Crippen LogP contribution in [0.1, 0.15) is 37.7 Å². The smallest absolute Gasteiger partial charge is 0.233 e. The number of hydrogen-bond acceptors (Lipinski definition) is 8. The summed E-state index contributed by atoms with van der Waals surface area (Å²) in [6.45, 7) is 3.76. The second kappa shape index (κ2) is 10.5. The number of hydrogen-bond donors (Lipinski definition) is 3. The van der Waals surface area contributed by atoms with E-state index in [2.05, 4.69) is 25.3 Å². The molecule has 0 unspecified atom stereocenters. The Labute approximate surface area is 244 Å². The van der Waals surface area contributed by atoms with Gasteiger partial charge in [0, 0.05) is 35.8 Å². The number of benzene rings is 2. The molecule has 218 valence electrons. The number of nitrogens with zero attached hydrogens (tertiary/aromatic N) is 3. The van der Waals surface area contributed by atoms with Gasteiger partial charge in [0.15, 0.2) is 0 Å². The fourth-order valence-electron chi connectivity index (χ4n) is 6.10. The van der Waals surface area contributed by atoms with Crippen molar-refractivity contribution in [3.8, 4) is 22.9 Å². The second-order valence-corrected chi connectivity index (χ2v) is 13.6. The van der Waals surface area contributed by atoms with Crippen LogP contribution in [0.2, 0.25) is 0 Å². The molecule has 2 aliphatic carbocycles. The number of piperidine rings is 1. The minimum Gasteiger partial charge on any atom is -0.437 e. The Bertz CT molecular complexity index is 1770. The van der Waals surface area contributed by atoms with Crippen LogP contribution >= 0.6 is 0 Å². The normalized spacial score (nSPS) is 20.8. The number of aromatic nitrogens is 3. The van der Waals surface area contributed by atoms with Crippen molar-refractivity contribution >= 4 is 32.4 Å². The summed E-state index contributed by atoms with van der Waals surface area (Å²) < 4.78 is 50.1. The number of nitrogens with one attached hydrogen (secondary N) is 3. The maximum atomic E-state index is 15.1. The third kappa shape index (κ3) is 5.38. The van der Waals surface area contributed by atoms with Crippen LogP contribution in [0.5, 0.6) is 11.6 Å². The summed E-state index contributed by atoms with van der Waals surface area (Å²) in [5, 5.41) is 7.79. The highest BCUT2D eigenvalue weighted by atomic mass is 32.2. The summed E-state index contributed by atoms with van der Waals surface area (Å²) in [4.78, 5) is 13.6. The van der Waals surface area contributed by atoms with Crippen molar-refractivity contribution in [3.05, 3.63) is 66.2 Å². The molecule has 0 radical (unpaired) electrons. The van der Waals surface area contributed by atoms with Gasteiger partial charge in [0.05, 0.1) is 22.7 Å². The van der Waals surface area contributed by atoms with E-state index in [0.717, 1.165) is 50.8 Å². The number of sulfonamides is 1. The van der Waals surface area contributed by atoms with E-state index in [4.69, 9.17) is 9.72 Å². The minimum absolute atomic E-state index is 0.0162. The van der Waals surface area contributed by atoms with Gasteiger partial charge in [0.25, 0.3) is 0 Å². The van der Waals surface area contributed by atoms with Gasteiger partial charge in [-0.15, -0.1) is 0 Å². The van der Waals surface area contributed by atoms with Crippen molar-refractivity contribution in [2.45, 2.75) is 45.1 Å². The molecule has 3 fully saturated rings. The molecule has 1 aliphatic heterocycles. The third-order valence-electron chi connectivity index (χ3n) is 8.76. The first-order chi connectivity index (χ1) is 20.3. The molecule has 1 saturated heterocycles. The molecule has 3 N–H and O–H groups in total. The topological polar surface area (TPSA) is 118 Å². The Hall–Kier alpha value is -3.83. The lowest BCUT2D eigenvalue weighted by Gasteiger charge is -2.23. The molecule has 3 aliphatic rings. The molecule has 2 saturated carbocycles.